The molecule has 0 radical (unpaired) electrons. The zero-order valence-electron chi connectivity index (χ0n) is 12.9. The number of hydrogen-bond donors (Lipinski definition) is 1. The molecule has 3 aromatic rings. The van der Waals surface area contributed by atoms with Crippen LogP contribution < -0.4 is 5.32 Å². The average molecular weight is 328 g/mol. The molecule has 0 aliphatic heterocycles. The summed E-state index contributed by atoms with van der Waals surface area (Å²) < 4.78 is 1.83. The lowest BCUT2D eigenvalue weighted by atomic mass is 10.1. The molecule has 2 aromatic carbocycles. The Morgan fingerprint density at radius 3 is 2.83 bits per heavy atom. The topological polar surface area (TPSA) is 46.9 Å². The van der Waals surface area contributed by atoms with E-state index in [0.717, 1.165) is 16.5 Å². The molecule has 0 aliphatic rings. The molecule has 118 valence electrons. The van der Waals surface area contributed by atoms with Gasteiger partial charge in [-0.1, -0.05) is 41.9 Å². The van der Waals surface area contributed by atoms with Crippen molar-refractivity contribution >= 4 is 28.4 Å². The summed E-state index contributed by atoms with van der Waals surface area (Å²) in [6, 6.07) is 15.6. The largest absolute Gasteiger partial charge is 0.350 e. The molecule has 0 saturated carbocycles. The van der Waals surface area contributed by atoms with Gasteiger partial charge in [-0.2, -0.15) is 5.10 Å². The second-order valence-corrected chi connectivity index (χ2v) is 5.96. The molecule has 0 fully saturated rings. The van der Waals surface area contributed by atoms with Crippen molar-refractivity contribution in [2.75, 3.05) is 0 Å². The van der Waals surface area contributed by atoms with Gasteiger partial charge in [-0.3, -0.25) is 9.48 Å². The minimum absolute atomic E-state index is 0.00290. The second kappa shape index (κ2) is 6.84. The smallest absolute Gasteiger partial charge is 0.222 e. The van der Waals surface area contributed by atoms with Crippen LogP contribution in [0, 0.1) is 0 Å². The lowest BCUT2D eigenvalue weighted by molar-refractivity contribution is -0.122. The molecule has 1 N–H and O–H groups in total. The van der Waals surface area contributed by atoms with Crippen molar-refractivity contribution in [3.63, 3.8) is 0 Å². The zero-order valence-corrected chi connectivity index (χ0v) is 13.6. The van der Waals surface area contributed by atoms with E-state index in [-0.39, 0.29) is 11.9 Å². The van der Waals surface area contributed by atoms with E-state index in [1.807, 2.05) is 60.1 Å². The molecule has 1 amide bonds. The normalized spacial score (nSPS) is 12.3. The number of nitrogens with zero attached hydrogens (tertiary/aromatic N) is 2. The van der Waals surface area contributed by atoms with Crippen molar-refractivity contribution in [2.45, 2.75) is 25.9 Å². The summed E-state index contributed by atoms with van der Waals surface area (Å²) in [4.78, 5) is 12.1. The molecule has 0 saturated heterocycles. The van der Waals surface area contributed by atoms with Crippen LogP contribution >= 0.6 is 11.6 Å². The first-order chi connectivity index (χ1) is 11.1. The number of hydrogen-bond acceptors (Lipinski definition) is 2. The maximum absolute atomic E-state index is 12.1. The van der Waals surface area contributed by atoms with E-state index < -0.39 is 0 Å². The van der Waals surface area contributed by atoms with Gasteiger partial charge in [0.1, 0.15) is 0 Å². The van der Waals surface area contributed by atoms with E-state index in [1.165, 1.54) is 0 Å². The Morgan fingerprint density at radius 1 is 1.26 bits per heavy atom. The first kappa shape index (κ1) is 15.6. The SMILES string of the molecule is CC(NC(=O)CCn1ncc2cc(Cl)ccc21)c1ccccc1. The third-order valence-electron chi connectivity index (χ3n) is 3.83. The highest BCUT2D eigenvalue weighted by Gasteiger charge is 2.10. The highest BCUT2D eigenvalue weighted by atomic mass is 35.5. The summed E-state index contributed by atoms with van der Waals surface area (Å²) in [7, 11) is 0. The van der Waals surface area contributed by atoms with Gasteiger partial charge in [-0.05, 0) is 30.7 Å². The number of fused-ring (bicyclic) bond motifs is 1. The molecule has 3 rings (SSSR count). The van der Waals surface area contributed by atoms with E-state index >= 15 is 0 Å². The quantitative estimate of drug-likeness (QED) is 0.771. The van der Waals surface area contributed by atoms with Crippen LogP contribution in [0.3, 0.4) is 0 Å². The summed E-state index contributed by atoms with van der Waals surface area (Å²) >= 11 is 5.97. The van der Waals surface area contributed by atoms with Crippen LogP contribution in [-0.4, -0.2) is 15.7 Å². The molecule has 0 spiro atoms. The number of amides is 1. The van der Waals surface area contributed by atoms with E-state index in [2.05, 4.69) is 10.4 Å². The number of nitrogens with one attached hydrogen (secondary N) is 1. The van der Waals surface area contributed by atoms with Crippen molar-refractivity contribution in [3.05, 3.63) is 65.3 Å². The van der Waals surface area contributed by atoms with Gasteiger partial charge in [0.2, 0.25) is 5.91 Å². The predicted molar refractivity (Wildman–Crippen MR) is 92.4 cm³/mol. The number of aromatic nitrogens is 2. The van der Waals surface area contributed by atoms with Gasteiger partial charge in [0, 0.05) is 16.8 Å². The van der Waals surface area contributed by atoms with Crippen LogP contribution in [-0.2, 0) is 11.3 Å². The summed E-state index contributed by atoms with van der Waals surface area (Å²) in [5.41, 5.74) is 2.08. The third-order valence-corrected chi connectivity index (χ3v) is 4.07. The lowest BCUT2D eigenvalue weighted by Gasteiger charge is -2.14. The summed E-state index contributed by atoms with van der Waals surface area (Å²) in [6.07, 6.45) is 2.16. The molecular weight excluding hydrogens is 310 g/mol. The molecule has 1 heterocycles. The molecular formula is C18H18ClN3O. The number of rotatable bonds is 5. The monoisotopic (exact) mass is 327 g/mol. The molecule has 4 nitrogen and oxygen atoms in total. The number of carbonyl (C=O) groups excluding carboxylic acids is 1. The second-order valence-electron chi connectivity index (χ2n) is 5.52. The van der Waals surface area contributed by atoms with Crippen molar-refractivity contribution in [3.8, 4) is 0 Å². The summed E-state index contributed by atoms with van der Waals surface area (Å²) in [6.45, 7) is 2.52. The zero-order chi connectivity index (χ0) is 16.2. The molecule has 23 heavy (non-hydrogen) atoms. The number of benzene rings is 2. The number of aryl methyl sites for hydroxylation is 1. The van der Waals surface area contributed by atoms with Crippen LogP contribution in [0.4, 0.5) is 0 Å². The van der Waals surface area contributed by atoms with Crippen molar-refractivity contribution in [2.24, 2.45) is 0 Å². The van der Waals surface area contributed by atoms with Crippen LogP contribution in [0.25, 0.3) is 10.9 Å². The summed E-state index contributed by atoms with van der Waals surface area (Å²) in [5.74, 6) is 0.0129. The van der Waals surface area contributed by atoms with Gasteiger partial charge in [0.05, 0.1) is 24.3 Å². The van der Waals surface area contributed by atoms with E-state index in [1.54, 1.807) is 6.20 Å². The minimum Gasteiger partial charge on any atom is -0.350 e. The standard InChI is InChI=1S/C18H18ClN3O/c1-13(14-5-3-2-4-6-14)21-18(23)9-10-22-17-8-7-16(19)11-15(17)12-20-22/h2-8,11-13H,9-10H2,1H3,(H,21,23). The fourth-order valence-corrected chi connectivity index (χ4v) is 2.76. The Hall–Kier alpha value is -2.33. The van der Waals surface area contributed by atoms with Crippen molar-refractivity contribution < 1.29 is 4.79 Å². The fourth-order valence-electron chi connectivity index (χ4n) is 2.58. The van der Waals surface area contributed by atoms with E-state index in [4.69, 9.17) is 11.6 Å². The third kappa shape index (κ3) is 3.71. The molecule has 0 bridgehead atoms. The maximum atomic E-state index is 12.1. The van der Waals surface area contributed by atoms with Gasteiger partial charge in [0.15, 0.2) is 0 Å². The van der Waals surface area contributed by atoms with Crippen LogP contribution in [0.2, 0.25) is 5.02 Å². The first-order valence-corrected chi connectivity index (χ1v) is 7.96. The van der Waals surface area contributed by atoms with Gasteiger partial charge in [-0.25, -0.2) is 0 Å². The molecule has 0 aliphatic carbocycles. The fraction of sp³-hybridized carbons (Fsp3) is 0.222. The van der Waals surface area contributed by atoms with Gasteiger partial charge >= 0.3 is 0 Å². The van der Waals surface area contributed by atoms with Crippen molar-refractivity contribution in [1.82, 2.24) is 15.1 Å². The highest BCUT2D eigenvalue weighted by molar-refractivity contribution is 6.31. The molecule has 1 atom stereocenters. The van der Waals surface area contributed by atoms with Gasteiger partial charge in [0.25, 0.3) is 0 Å². The molecule has 5 heteroatoms. The lowest BCUT2D eigenvalue weighted by Crippen LogP contribution is -2.27. The molecule has 1 aromatic heterocycles. The Kier molecular flexibility index (Phi) is 4.63. The van der Waals surface area contributed by atoms with Gasteiger partial charge in [-0.15, -0.1) is 0 Å². The number of halogens is 1. The Bertz CT molecular complexity index is 814. The van der Waals surface area contributed by atoms with Crippen LogP contribution in [0.5, 0.6) is 0 Å². The maximum Gasteiger partial charge on any atom is 0.222 e. The first-order valence-electron chi connectivity index (χ1n) is 7.59. The van der Waals surface area contributed by atoms with Crippen LogP contribution in [0.15, 0.2) is 54.7 Å². The number of carbonyl (C=O) groups is 1. The summed E-state index contributed by atoms with van der Waals surface area (Å²) in [5, 5.41) is 9.01. The van der Waals surface area contributed by atoms with Crippen LogP contribution in [0.1, 0.15) is 24.9 Å². The Balaban J connectivity index is 1.60. The van der Waals surface area contributed by atoms with Crippen molar-refractivity contribution in [1.29, 1.82) is 0 Å². The minimum atomic E-state index is -0.00290. The van der Waals surface area contributed by atoms with E-state index in [0.29, 0.717) is 18.0 Å². The molecule has 1 unspecified atom stereocenters. The highest BCUT2D eigenvalue weighted by Crippen LogP contribution is 2.19. The van der Waals surface area contributed by atoms with E-state index in [9.17, 15) is 4.79 Å². The average Bonchev–Trinajstić information content (AvgIpc) is 2.95. The predicted octanol–water partition coefficient (Wildman–Crippen LogP) is 3.96. The Morgan fingerprint density at radius 2 is 2.04 bits per heavy atom. The van der Waals surface area contributed by atoms with Gasteiger partial charge < -0.3 is 5.32 Å². The Labute approximate surface area is 140 Å².